The second-order valence-electron chi connectivity index (χ2n) is 7.39. The van der Waals surface area contributed by atoms with E-state index >= 15 is 0 Å². The zero-order valence-electron chi connectivity index (χ0n) is 17.0. The fraction of sp³-hybridized carbons (Fsp3) is 0.208. The van der Waals surface area contributed by atoms with Gasteiger partial charge in [0, 0.05) is 24.3 Å². The van der Waals surface area contributed by atoms with E-state index in [-0.39, 0.29) is 10.8 Å². The van der Waals surface area contributed by atoms with Gasteiger partial charge in [0.1, 0.15) is 12.4 Å². The fourth-order valence-electron chi connectivity index (χ4n) is 3.43. The van der Waals surface area contributed by atoms with E-state index < -0.39 is 10.0 Å². The monoisotopic (exact) mass is 436 g/mol. The third-order valence-corrected chi connectivity index (χ3v) is 7.09. The molecule has 1 amide bonds. The Kier molecular flexibility index (Phi) is 6.34. The highest BCUT2D eigenvalue weighted by atomic mass is 32.2. The van der Waals surface area contributed by atoms with Gasteiger partial charge in [0.15, 0.2) is 0 Å². The standard InChI is InChI=1S/C24H24N2O4S/c27-24(20-8-14-23(15-9-20)31(28,29)26-16-4-5-17-26)25-21-10-12-22(13-11-21)30-18-19-6-2-1-3-7-19/h1-3,6-15H,4-5,16-18H2,(H,25,27). The van der Waals surface area contributed by atoms with E-state index in [1.807, 2.05) is 30.3 Å². The number of amides is 1. The largest absolute Gasteiger partial charge is 0.489 e. The van der Waals surface area contributed by atoms with Crippen molar-refractivity contribution in [1.82, 2.24) is 4.31 Å². The predicted octanol–water partition coefficient (Wildman–Crippen LogP) is 4.30. The molecule has 1 aliphatic rings. The maximum Gasteiger partial charge on any atom is 0.255 e. The third kappa shape index (κ3) is 5.13. The van der Waals surface area contributed by atoms with Gasteiger partial charge < -0.3 is 10.1 Å². The normalized spacial score (nSPS) is 14.3. The van der Waals surface area contributed by atoms with Gasteiger partial charge in [-0.05, 0) is 66.9 Å². The van der Waals surface area contributed by atoms with Crippen molar-refractivity contribution in [2.24, 2.45) is 0 Å². The van der Waals surface area contributed by atoms with Crippen LogP contribution in [0.25, 0.3) is 0 Å². The lowest BCUT2D eigenvalue weighted by Gasteiger charge is -2.15. The molecule has 0 aliphatic carbocycles. The summed E-state index contributed by atoms with van der Waals surface area (Å²) in [5.74, 6) is 0.404. The van der Waals surface area contributed by atoms with Gasteiger partial charge >= 0.3 is 0 Å². The van der Waals surface area contributed by atoms with Crippen molar-refractivity contribution < 1.29 is 17.9 Å². The Bertz CT molecular complexity index is 1120. The number of hydrogen-bond donors (Lipinski definition) is 1. The van der Waals surface area contributed by atoms with Crippen molar-refractivity contribution in [3.05, 3.63) is 90.0 Å². The van der Waals surface area contributed by atoms with E-state index in [9.17, 15) is 13.2 Å². The SMILES string of the molecule is O=C(Nc1ccc(OCc2ccccc2)cc1)c1ccc(S(=O)(=O)N2CCCC2)cc1. The van der Waals surface area contributed by atoms with Crippen molar-refractivity contribution in [2.45, 2.75) is 24.3 Å². The lowest BCUT2D eigenvalue weighted by Crippen LogP contribution is -2.27. The Balaban J connectivity index is 1.35. The van der Waals surface area contributed by atoms with Gasteiger partial charge in [-0.2, -0.15) is 4.31 Å². The van der Waals surface area contributed by atoms with Gasteiger partial charge in [-0.3, -0.25) is 4.79 Å². The minimum Gasteiger partial charge on any atom is -0.489 e. The minimum atomic E-state index is -3.48. The second-order valence-corrected chi connectivity index (χ2v) is 9.33. The summed E-state index contributed by atoms with van der Waals surface area (Å²) in [5, 5.41) is 2.82. The molecule has 6 nitrogen and oxygen atoms in total. The van der Waals surface area contributed by atoms with Gasteiger partial charge in [-0.1, -0.05) is 30.3 Å². The molecule has 0 bridgehead atoms. The zero-order valence-corrected chi connectivity index (χ0v) is 17.8. The Morgan fingerprint density at radius 1 is 0.871 bits per heavy atom. The maximum absolute atomic E-state index is 12.6. The molecular weight excluding hydrogens is 412 g/mol. The quantitative estimate of drug-likeness (QED) is 0.599. The van der Waals surface area contributed by atoms with Crippen LogP contribution in [-0.4, -0.2) is 31.7 Å². The maximum atomic E-state index is 12.6. The number of nitrogens with zero attached hydrogens (tertiary/aromatic N) is 1. The van der Waals surface area contributed by atoms with Crippen molar-refractivity contribution in [3.63, 3.8) is 0 Å². The number of benzene rings is 3. The molecule has 0 spiro atoms. The van der Waals surface area contributed by atoms with Crippen LogP contribution in [0.4, 0.5) is 5.69 Å². The molecule has 160 valence electrons. The molecule has 1 heterocycles. The first-order valence-electron chi connectivity index (χ1n) is 10.2. The first-order chi connectivity index (χ1) is 15.0. The number of hydrogen-bond acceptors (Lipinski definition) is 4. The lowest BCUT2D eigenvalue weighted by atomic mass is 10.2. The first-order valence-corrected chi connectivity index (χ1v) is 11.6. The molecule has 1 N–H and O–H groups in total. The van der Waals surface area contributed by atoms with Crippen molar-refractivity contribution in [1.29, 1.82) is 0 Å². The molecule has 1 aliphatic heterocycles. The summed E-state index contributed by atoms with van der Waals surface area (Å²) in [5.41, 5.74) is 2.10. The Hall–Kier alpha value is -3.16. The average molecular weight is 437 g/mol. The highest BCUT2D eigenvalue weighted by Crippen LogP contribution is 2.22. The molecule has 0 unspecified atom stereocenters. The molecule has 1 saturated heterocycles. The van der Waals surface area contributed by atoms with Crippen LogP contribution in [0.15, 0.2) is 83.8 Å². The lowest BCUT2D eigenvalue weighted by molar-refractivity contribution is 0.102. The highest BCUT2D eigenvalue weighted by Gasteiger charge is 2.27. The van der Waals surface area contributed by atoms with Gasteiger partial charge in [0.25, 0.3) is 5.91 Å². The van der Waals surface area contributed by atoms with E-state index in [0.717, 1.165) is 18.4 Å². The molecule has 0 aromatic heterocycles. The highest BCUT2D eigenvalue weighted by molar-refractivity contribution is 7.89. The Labute approximate surface area is 182 Å². The number of carbonyl (C=O) groups excluding carboxylic acids is 1. The fourth-order valence-corrected chi connectivity index (χ4v) is 4.95. The van der Waals surface area contributed by atoms with E-state index in [4.69, 9.17) is 4.74 Å². The number of rotatable bonds is 7. The Morgan fingerprint density at radius 3 is 2.16 bits per heavy atom. The average Bonchev–Trinajstić information content (AvgIpc) is 3.35. The summed E-state index contributed by atoms with van der Waals surface area (Å²) in [6.45, 7) is 1.57. The topological polar surface area (TPSA) is 75.7 Å². The molecule has 3 aromatic rings. The van der Waals surface area contributed by atoms with Crippen LogP contribution in [-0.2, 0) is 16.6 Å². The molecule has 31 heavy (non-hydrogen) atoms. The molecule has 1 fully saturated rings. The summed E-state index contributed by atoms with van der Waals surface area (Å²) in [6.07, 6.45) is 1.77. The third-order valence-electron chi connectivity index (χ3n) is 5.18. The van der Waals surface area contributed by atoms with Crippen LogP contribution in [0.3, 0.4) is 0 Å². The number of sulfonamides is 1. The van der Waals surface area contributed by atoms with Crippen LogP contribution < -0.4 is 10.1 Å². The summed E-state index contributed by atoms with van der Waals surface area (Å²) in [7, 11) is -3.48. The second kappa shape index (κ2) is 9.32. The van der Waals surface area contributed by atoms with Crippen LogP contribution in [0.1, 0.15) is 28.8 Å². The smallest absolute Gasteiger partial charge is 0.255 e. The molecule has 4 rings (SSSR count). The molecule has 0 radical (unpaired) electrons. The van der Waals surface area contributed by atoms with E-state index in [1.54, 1.807) is 24.3 Å². The van der Waals surface area contributed by atoms with Crippen LogP contribution in [0.2, 0.25) is 0 Å². The van der Waals surface area contributed by atoms with Crippen molar-refractivity contribution in [3.8, 4) is 5.75 Å². The summed E-state index contributed by atoms with van der Waals surface area (Å²) < 4.78 is 32.4. The van der Waals surface area contributed by atoms with Gasteiger partial charge in [-0.25, -0.2) is 8.42 Å². The number of carbonyl (C=O) groups is 1. The predicted molar refractivity (Wildman–Crippen MR) is 120 cm³/mol. The minimum absolute atomic E-state index is 0.214. The van der Waals surface area contributed by atoms with Crippen molar-refractivity contribution >= 4 is 21.6 Å². The van der Waals surface area contributed by atoms with E-state index in [2.05, 4.69) is 5.32 Å². The number of anilines is 1. The van der Waals surface area contributed by atoms with Crippen molar-refractivity contribution in [2.75, 3.05) is 18.4 Å². The van der Waals surface area contributed by atoms with Gasteiger partial charge in [0.2, 0.25) is 10.0 Å². The van der Waals surface area contributed by atoms with Crippen LogP contribution in [0.5, 0.6) is 5.75 Å². The Morgan fingerprint density at radius 2 is 1.52 bits per heavy atom. The van der Waals surface area contributed by atoms with Crippen LogP contribution in [0, 0.1) is 0 Å². The summed E-state index contributed by atoms with van der Waals surface area (Å²) >= 11 is 0. The summed E-state index contributed by atoms with van der Waals surface area (Å²) in [4.78, 5) is 12.7. The van der Waals surface area contributed by atoms with E-state index in [0.29, 0.717) is 36.7 Å². The molecule has 7 heteroatoms. The van der Waals surface area contributed by atoms with E-state index in [1.165, 1.54) is 28.6 Å². The van der Waals surface area contributed by atoms with Gasteiger partial charge in [-0.15, -0.1) is 0 Å². The molecule has 3 aromatic carbocycles. The van der Waals surface area contributed by atoms with Crippen LogP contribution >= 0.6 is 0 Å². The first kappa shape index (κ1) is 21.1. The van der Waals surface area contributed by atoms with Gasteiger partial charge in [0.05, 0.1) is 4.90 Å². The number of ether oxygens (including phenoxy) is 1. The molecule has 0 atom stereocenters. The zero-order chi connectivity index (χ0) is 21.7. The molecular formula is C24H24N2O4S. The summed E-state index contributed by atoms with van der Waals surface area (Å²) in [6, 6.07) is 23.1. The molecule has 0 saturated carbocycles. The number of nitrogens with one attached hydrogen (secondary N) is 1.